The maximum absolute atomic E-state index is 6.06. The predicted molar refractivity (Wildman–Crippen MR) is 77.7 cm³/mol. The Morgan fingerprint density at radius 3 is 2.44 bits per heavy atom. The summed E-state index contributed by atoms with van der Waals surface area (Å²) in [5, 5.41) is 0. The molecular weight excluding hydrogens is 220 g/mol. The van der Waals surface area contributed by atoms with Gasteiger partial charge in [0.1, 0.15) is 0 Å². The molecule has 100 valence electrons. The van der Waals surface area contributed by atoms with Gasteiger partial charge in [0.15, 0.2) is 0 Å². The van der Waals surface area contributed by atoms with Crippen molar-refractivity contribution in [3.05, 3.63) is 35.9 Å². The molecule has 1 aliphatic rings. The lowest BCUT2D eigenvalue weighted by molar-refractivity contribution is 0.235. The lowest BCUT2D eigenvalue weighted by Crippen LogP contribution is -2.43. The van der Waals surface area contributed by atoms with Crippen LogP contribution in [0.4, 0.5) is 0 Å². The summed E-state index contributed by atoms with van der Waals surface area (Å²) in [6, 6.07) is 10.7. The Balaban J connectivity index is 2.10. The fourth-order valence-electron chi connectivity index (χ4n) is 2.97. The zero-order valence-electron chi connectivity index (χ0n) is 11.9. The molecule has 0 amide bonds. The molecule has 0 radical (unpaired) electrons. The highest BCUT2D eigenvalue weighted by atomic mass is 15.2. The second kappa shape index (κ2) is 5.02. The first-order valence-electron chi connectivity index (χ1n) is 6.93. The Labute approximate surface area is 111 Å². The molecule has 0 aliphatic carbocycles. The van der Waals surface area contributed by atoms with E-state index in [1.165, 1.54) is 25.1 Å². The van der Waals surface area contributed by atoms with Crippen molar-refractivity contribution in [3.8, 4) is 0 Å². The van der Waals surface area contributed by atoms with E-state index in [1.807, 2.05) is 0 Å². The van der Waals surface area contributed by atoms with Gasteiger partial charge in [0.25, 0.3) is 0 Å². The summed E-state index contributed by atoms with van der Waals surface area (Å²) in [7, 11) is 0. The van der Waals surface area contributed by atoms with Gasteiger partial charge in [0, 0.05) is 25.0 Å². The van der Waals surface area contributed by atoms with Crippen molar-refractivity contribution in [2.75, 3.05) is 26.2 Å². The van der Waals surface area contributed by atoms with Gasteiger partial charge in [-0.15, -0.1) is 0 Å². The van der Waals surface area contributed by atoms with Gasteiger partial charge in [0.05, 0.1) is 0 Å². The van der Waals surface area contributed by atoms with Crippen molar-refractivity contribution in [3.63, 3.8) is 0 Å². The average molecular weight is 246 g/mol. The van der Waals surface area contributed by atoms with Gasteiger partial charge in [-0.3, -0.25) is 0 Å². The normalized spacial score (nSPS) is 22.9. The quantitative estimate of drug-likeness (QED) is 0.885. The van der Waals surface area contributed by atoms with E-state index in [0.717, 1.165) is 6.54 Å². The lowest BCUT2D eigenvalue weighted by atomic mass is 9.82. The summed E-state index contributed by atoms with van der Waals surface area (Å²) in [5.41, 5.74) is 7.95. The molecule has 0 saturated carbocycles. The molecule has 0 aromatic heterocycles. The molecule has 1 saturated heterocycles. The zero-order valence-corrected chi connectivity index (χ0v) is 11.9. The summed E-state index contributed by atoms with van der Waals surface area (Å²) >= 11 is 0. The Morgan fingerprint density at radius 1 is 1.28 bits per heavy atom. The summed E-state index contributed by atoms with van der Waals surface area (Å²) in [6.07, 6.45) is 1.29. The number of nitrogens with zero attached hydrogens (tertiary/aromatic N) is 1. The summed E-state index contributed by atoms with van der Waals surface area (Å²) in [6.45, 7) is 11.2. The van der Waals surface area contributed by atoms with E-state index >= 15 is 0 Å². The molecule has 2 rings (SSSR count). The lowest BCUT2D eigenvalue weighted by Gasteiger charge is -2.34. The van der Waals surface area contributed by atoms with Crippen LogP contribution in [-0.4, -0.2) is 31.1 Å². The van der Waals surface area contributed by atoms with E-state index in [4.69, 9.17) is 5.73 Å². The molecule has 1 aromatic carbocycles. The highest BCUT2D eigenvalue weighted by Crippen LogP contribution is 2.32. The minimum atomic E-state index is 0.0711. The van der Waals surface area contributed by atoms with Gasteiger partial charge < -0.3 is 10.6 Å². The van der Waals surface area contributed by atoms with Gasteiger partial charge >= 0.3 is 0 Å². The molecule has 2 N–H and O–H groups in total. The van der Waals surface area contributed by atoms with Crippen molar-refractivity contribution in [2.24, 2.45) is 11.1 Å². The van der Waals surface area contributed by atoms with Crippen molar-refractivity contribution >= 4 is 0 Å². The molecule has 0 spiro atoms. The van der Waals surface area contributed by atoms with E-state index in [-0.39, 0.29) is 5.41 Å². The van der Waals surface area contributed by atoms with E-state index < -0.39 is 0 Å². The van der Waals surface area contributed by atoms with Crippen LogP contribution >= 0.6 is 0 Å². The van der Waals surface area contributed by atoms with Crippen molar-refractivity contribution in [2.45, 2.75) is 32.6 Å². The standard InChI is InChI=1S/C16H26N2/c1-15(2)9-10-18(12-15)13-16(3,11-17)14-7-5-4-6-8-14/h4-8H,9-13,17H2,1-3H3. The molecule has 18 heavy (non-hydrogen) atoms. The number of hydrogen-bond acceptors (Lipinski definition) is 2. The van der Waals surface area contributed by atoms with Crippen molar-refractivity contribution in [1.29, 1.82) is 0 Å². The molecule has 2 nitrogen and oxygen atoms in total. The first-order chi connectivity index (χ1) is 8.45. The minimum Gasteiger partial charge on any atom is -0.330 e. The summed E-state index contributed by atoms with van der Waals surface area (Å²) in [4.78, 5) is 2.57. The number of benzene rings is 1. The Bertz CT molecular complexity index is 385. The van der Waals surface area contributed by atoms with Gasteiger partial charge in [-0.25, -0.2) is 0 Å². The SMILES string of the molecule is CC1(C)CCN(CC(C)(CN)c2ccccc2)C1. The number of likely N-dealkylation sites (tertiary alicyclic amines) is 1. The molecule has 1 aliphatic heterocycles. The van der Waals surface area contributed by atoms with Crippen LogP contribution in [0.5, 0.6) is 0 Å². The largest absolute Gasteiger partial charge is 0.330 e. The maximum Gasteiger partial charge on any atom is 0.0174 e. The molecule has 2 heteroatoms. The van der Waals surface area contributed by atoms with E-state index in [9.17, 15) is 0 Å². The van der Waals surface area contributed by atoms with Gasteiger partial charge in [-0.2, -0.15) is 0 Å². The van der Waals surface area contributed by atoms with Crippen molar-refractivity contribution in [1.82, 2.24) is 4.90 Å². The van der Waals surface area contributed by atoms with Crippen LogP contribution in [0.15, 0.2) is 30.3 Å². The number of hydrogen-bond donors (Lipinski definition) is 1. The molecule has 1 heterocycles. The molecule has 0 bridgehead atoms. The number of rotatable bonds is 4. The fourth-order valence-corrected chi connectivity index (χ4v) is 2.97. The summed E-state index contributed by atoms with van der Waals surface area (Å²) in [5.74, 6) is 0. The molecule has 1 aromatic rings. The van der Waals surface area contributed by atoms with Crippen LogP contribution in [0.3, 0.4) is 0 Å². The highest BCUT2D eigenvalue weighted by molar-refractivity contribution is 5.25. The van der Waals surface area contributed by atoms with Crippen LogP contribution in [-0.2, 0) is 5.41 Å². The molecular formula is C16H26N2. The topological polar surface area (TPSA) is 29.3 Å². The van der Waals surface area contributed by atoms with Crippen LogP contribution in [0, 0.1) is 5.41 Å². The van der Waals surface area contributed by atoms with Crippen LogP contribution in [0.2, 0.25) is 0 Å². The van der Waals surface area contributed by atoms with E-state index in [0.29, 0.717) is 12.0 Å². The third-order valence-corrected chi connectivity index (χ3v) is 4.25. The van der Waals surface area contributed by atoms with Crippen LogP contribution in [0.25, 0.3) is 0 Å². The monoisotopic (exact) mass is 246 g/mol. The van der Waals surface area contributed by atoms with Crippen LogP contribution < -0.4 is 5.73 Å². The van der Waals surface area contributed by atoms with Crippen LogP contribution in [0.1, 0.15) is 32.8 Å². The predicted octanol–water partition coefficient (Wildman–Crippen LogP) is 2.63. The second-order valence-corrected chi connectivity index (χ2v) is 6.76. The Hall–Kier alpha value is -0.860. The third-order valence-electron chi connectivity index (χ3n) is 4.25. The minimum absolute atomic E-state index is 0.0711. The maximum atomic E-state index is 6.06. The van der Waals surface area contributed by atoms with Crippen molar-refractivity contribution < 1.29 is 0 Å². The first-order valence-corrected chi connectivity index (χ1v) is 6.93. The average Bonchev–Trinajstić information content (AvgIpc) is 2.69. The highest BCUT2D eigenvalue weighted by Gasteiger charge is 2.34. The first kappa shape index (κ1) is 13.6. The fraction of sp³-hybridized carbons (Fsp3) is 0.625. The number of nitrogens with two attached hydrogens (primary N) is 1. The van der Waals surface area contributed by atoms with Gasteiger partial charge in [0.2, 0.25) is 0 Å². The van der Waals surface area contributed by atoms with E-state index in [1.54, 1.807) is 0 Å². The Kier molecular flexibility index (Phi) is 3.79. The third kappa shape index (κ3) is 2.93. The molecule has 1 fully saturated rings. The smallest absolute Gasteiger partial charge is 0.0174 e. The summed E-state index contributed by atoms with van der Waals surface area (Å²) < 4.78 is 0. The van der Waals surface area contributed by atoms with Gasteiger partial charge in [-0.05, 0) is 23.9 Å². The Morgan fingerprint density at radius 2 is 1.94 bits per heavy atom. The van der Waals surface area contributed by atoms with Gasteiger partial charge in [-0.1, -0.05) is 51.1 Å². The molecule has 1 unspecified atom stereocenters. The molecule has 1 atom stereocenters. The zero-order chi connectivity index (χ0) is 13.2. The van der Waals surface area contributed by atoms with E-state index in [2.05, 4.69) is 56.0 Å². The second-order valence-electron chi connectivity index (χ2n) is 6.76.